The van der Waals surface area contributed by atoms with Crippen molar-refractivity contribution in [3.05, 3.63) is 64.7 Å². The molecule has 0 unspecified atom stereocenters. The van der Waals surface area contributed by atoms with Crippen molar-refractivity contribution in [1.82, 2.24) is 0 Å². The van der Waals surface area contributed by atoms with E-state index in [9.17, 15) is 19.5 Å². The van der Waals surface area contributed by atoms with Gasteiger partial charge < -0.3 is 19.3 Å². The molecule has 1 aliphatic carbocycles. The number of esters is 1. The summed E-state index contributed by atoms with van der Waals surface area (Å²) in [4.78, 5) is 37.4. The summed E-state index contributed by atoms with van der Waals surface area (Å²) in [7, 11) is 0. The highest BCUT2D eigenvalue weighted by molar-refractivity contribution is 6.52. The van der Waals surface area contributed by atoms with Crippen molar-refractivity contribution < 1.29 is 33.7 Å². The van der Waals surface area contributed by atoms with E-state index in [1.54, 1.807) is 50.2 Å². The second-order valence-electron chi connectivity index (χ2n) is 8.02. The summed E-state index contributed by atoms with van der Waals surface area (Å²) >= 11 is 0. The molecule has 1 aliphatic heterocycles. The molecule has 154 valence electrons. The Morgan fingerprint density at radius 3 is 2.50 bits per heavy atom. The van der Waals surface area contributed by atoms with E-state index in [1.165, 1.54) is 6.07 Å². The fourth-order valence-electron chi connectivity index (χ4n) is 3.48. The maximum Gasteiger partial charge on any atom is 0.338 e. The number of hydrogen-bond acceptors (Lipinski definition) is 7. The van der Waals surface area contributed by atoms with Crippen LogP contribution in [0, 0.1) is 5.41 Å². The van der Waals surface area contributed by atoms with Crippen molar-refractivity contribution in [1.29, 1.82) is 0 Å². The second kappa shape index (κ2) is 7.33. The van der Waals surface area contributed by atoms with E-state index in [1.807, 2.05) is 0 Å². The third-order valence-electron chi connectivity index (χ3n) is 5.05. The Kier molecular flexibility index (Phi) is 4.81. The Morgan fingerprint density at radius 2 is 1.73 bits per heavy atom. The fourth-order valence-corrected chi connectivity index (χ4v) is 3.48. The summed E-state index contributed by atoms with van der Waals surface area (Å²) in [5.74, 6) is -1.09. The van der Waals surface area contributed by atoms with Gasteiger partial charge in [0, 0.05) is 22.1 Å². The van der Waals surface area contributed by atoms with Crippen LogP contribution < -0.4 is 9.47 Å². The van der Waals surface area contributed by atoms with Crippen LogP contribution in [0.1, 0.15) is 46.5 Å². The summed E-state index contributed by atoms with van der Waals surface area (Å²) in [5, 5.41) is 10.6. The molecule has 7 nitrogen and oxygen atoms in total. The van der Waals surface area contributed by atoms with Crippen LogP contribution in [-0.2, 0) is 9.53 Å². The fraction of sp³-hybridized carbons (Fsp3) is 0.261. The van der Waals surface area contributed by atoms with E-state index in [0.29, 0.717) is 22.6 Å². The van der Waals surface area contributed by atoms with E-state index in [2.05, 4.69) is 0 Å². The average Bonchev–Trinajstić information content (AvgIpc) is 3.21. The minimum atomic E-state index is -0.735. The maximum absolute atomic E-state index is 12.5. The predicted molar refractivity (Wildman–Crippen MR) is 107 cm³/mol. The zero-order chi connectivity index (χ0) is 21.5. The molecule has 0 saturated heterocycles. The van der Waals surface area contributed by atoms with Gasteiger partial charge in [-0.2, -0.15) is 0 Å². The van der Waals surface area contributed by atoms with Gasteiger partial charge in [0.15, 0.2) is 11.5 Å². The second-order valence-corrected chi connectivity index (χ2v) is 8.02. The smallest absolute Gasteiger partial charge is 0.338 e. The van der Waals surface area contributed by atoms with Gasteiger partial charge in [-0.15, -0.1) is 0 Å². The number of Topliss-reactive ketones (excluding diaryl/α,β-unsaturated/α-hetero) is 2. The van der Waals surface area contributed by atoms with Crippen LogP contribution in [0.2, 0.25) is 0 Å². The quantitative estimate of drug-likeness (QED) is 0.594. The Bertz CT molecular complexity index is 1090. The third kappa shape index (κ3) is 3.54. The molecular weight excluding hydrogens is 388 g/mol. The Balaban J connectivity index is 1.48. The molecule has 1 heterocycles. The SMILES string of the molecule is CC(C)(COC(=O)c1ccc2c(c1)OCO2)CC1=C(O)c2ccccc2C(=O)C1=O. The Hall–Kier alpha value is -3.61. The molecule has 0 aromatic heterocycles. The molecule has 0 amide bonds. The first-order chi connectivity index (χ1) is 14.3. The van der Waals surface area contributed by atoms with Crippen molar-refractivity contribution in [2.45, 2.75) is 20.3 Å². The summed E-state index contributed by atoms with van der Waals surface area (Å²) in [5.41, 5.74) is 0.177. The van der Waals surface area contributed by atoms with Gasteiger partial charge in [0.25, 0.3) is 0 Å². The lowest BCUT2D eigenvalue weighted by molar-refractivity contribution is -0.112. The molecule has 0 bridgehead atoms. The van der Waals surface area contributed by atoms with Crippen molar-refractivity contribution in [3.8, 4) is 11.5 Å². The topological polar surface area (TPSA) is 99.1 Å². The molecular formula is C23H20O7. The molecule has 30 heavy (non-hydrogen) atoms. The molecule has 0 saturated carbocycles. The maximum atomic E-state index is 12.5. The van der Waals surface area contributed by atoms with E-state index >= 15 is 0 Å². The Labute approximate surface area is 172 Å². The van der Waals surface area contributed by atoms with Gasteiger partial charge in [0.1, 0.15) is 5.76 Å². The largest absolute Gasteiger partial charge is 0.507 e. The number of carbonyl (C=O) groups excluding carboxylic acids is 3. The molecule has 2 aliphatic rings. The van der Waals surface area contributed by atoms with Crippen LogP contribution in [0.4, 0.5) is 0 Å². The molecule has 4 rings (SSSR count). The van der Waals surface area contributed by atoms with Crippen molar-refractivity contribution >= 4 is 23.3 Å². The van der Waals surface area contributed by atoms with Crippen LogP contribution in [0.5, 0.6) is 11.5 Å². The number of carbonyl (C=O) groups is 3. The van der Waals surface area contributed by atoms with Crippen molar-refractivity contribution in [2.75, 3.05) is 13.4 Å². The molecule has 2 aromatic carbocycles. The first-order valence-corrected chi connectivity index (χ1v) is 9.44. The number of rotatable bonds is 5. The summed E-state index contributed by atoms with van der Waals surface area (Å²) in [6.45, 7) is 3.67. The van der Waals surface area contributed by atoms with E-state index in [4.69, 9.17) is 14.2 Å². The number of ketones is 2. The average molecular weight is 408 g/mol. The molecule has 7 heteroatoms. The highest BCUT2D eigenvalue weighted by Gasteiger charge is 2.36. The molecule has 1 N–H and O–H groups in total. The minimum absolute atomic E-state index is 0.0137. The lowest BCUT2D eigenvalue weighted by Gasteiger charge is -2.27. The monoisotopic (exact) mass is 408 g/mol. The van der Waals surface area contributed by atoms with Gasteiger partial charge in [-0.3, -0.25) is 9.59 Å². The normalized spacial score (nSPS) is 15.3. The van der Waals surface area contributed by atoms with Gasteiger partial charge in [0.2, 0.25) is 18.4 Å². The third-order valence-corrected chi connectivity index (χ3v) is 5.05. The van der Waals surface area contributed by atoms with Crippen LogP contribution in [0.15, 0.2) is 48.0 Å². The van der Waals surface area contributed by atoms with Crippen LogP contribution in [-0.4, -0.2) is 36.0 Å². The van der Waals surface area contributed by atoms with Gasteiger partial charge in [-0.05, 0) is 24.6 Å². The molecule has 0 fully saturated rings. The Morgan fingerprint density at radius 1 is 1.03 bits per heavy atom. The first kappa shape index (κ1) is 19.7. The predicted octanol–water partition coefficient (Wildman–Crippen LogP) is 3.72. The lowest BCUT2D eigenvalue weighted by Crippen LogP contribution is -2.29. The van der Waals surface area contributed by atoms with Crippen molar-refractivity contribution in [3.63, 3.8) is 0 Å². The highest BCUT2D eigenvalue weighted by Crippen LogP contribution is 2.36. The zero-order valence-electron chi connectivity index (χ0n) is 16.6. The summed E-state index contributed by atoms with van der Waals surface area (Å²) in [6.07, 6.45) is 0.0756. The number of benzene rings is 2. The summed E-state index contributed by atoms with van der Waals surface area (Å²) < 4.78 is 15.9. The van der Waals surface area contributed by atoms with E-state index in [0.717, 1.165) is 0 Å². The van der Waals surface area contributed by atoms with E-state index in [-0.39, 0.29) is 36.7 Å². The number of aliphatic hydroxyl groups is 1. The van der Waals surface area contributed by atoms with Crippen LogP contribution in [0.25, 0.3) is 5.76 Å². The first-order valence-electron chi connectivity index (χ1n) is 9.44. The molecule has 0 atom stereocenters. The zero-order valence-corrected chi connectivity index (χ0v) is 16.6. The van der Waals surface area contributed by atoms with Gasteiger partial charge in [0.05, 0.1) is 12.2 Å². The number of ether oxygens (including phenoxy) is 3. The summed E-state index contributed by atoms with van der Waals surface area (Å²) in [6, 6.07) is 11.2. The number of aliphatic hydroxyl groups excluding tert-OH is 1. The lowest BCUT2D eigenvalue weighted by atomic mass is 9.79. The van der Waals surface area contributed by atoms with Gasteiger partial charge in [-0.25, -0.2) is 4.79 Å². The minimum Gasteiger partial charge on any atom is -0.507 e. The van der Waals surface area contributed by atoms with Crippen LogP contribution >= 0.6 is 0 Å². The van der Waals surface area contributed by atoms with Crippen molar-refractivity contribution in [2.24, 2.45) is 5.41 Å². The number of fused-ring (bicyclic) bond motifs is 2. The molecule has 2 aromatic rings. The molecule has 0 spiro atoms. The standard InChI is InChI=1S/C23H20O7/c1-23(2,11-28-22(27)13-7-8-17-18(9-13)30-12-29-17)10-16-19(24)14-5-3-4-6-15(14)20(25)21(16)26/h3-9,24H,10-12H2,1-2H3. The number of allylic oxidation sites excluding steroid dienone is 1. The van der Waals surface area contributed by atoms with Gasteiger partial charge in [-0.1, -0.05) is 38.1 Å². The highest BCUT2D eigenvalue weighted by atomic mass is 16.7. The molecule has 0 radical (unpaired) electrons. The van der Waals surface area contributed by atoms with Gasteiger partial charge >= 0.3 is 5.97 Å². The van der Waals surface area contributed by atoms with E-state index < -0.39 is 23.0 Å². The number of hydrogen-bond donors (Lipinski definition) is 1. The van der Waals surface area contributed by atoms with Crippen LogP contribution in [0.3, 0.4) is 0 Å².